The number of hydrogen-bond acceptors (Lipinski definition) is 7. The number of Topliss-reactive ketones (excluding diaryl/α,β-unsaturated/α-hetero) is 1. The van der Waals surface area contributed by atoms with Crippen molar-refractivity contribution in [1.82, 2.24) is 5.32 Å². The summed E-state index contributed by atoms with van der Waals surface area (Å²) in [7, 11) is 1.45. The van der Waals surface area contributed by atoms with Crippen LogP contribution in [0.3, 0.4) is 0 Å². The van der Waals surface area contributed by atoms with Crippen molar-refractivity contribution in [1.29, 1.82) is 0 Å². The average molecular weight is 454 g/mol. The Labute approximate surface area is 184 Å². The molecule has 2 rings (SSSR count). The molecule has 0 saturated heterocycles. The highest BCUT2D eigenvalue weighted by Crippen LogP contribution is 2.36. The second-order valence-electron chi connectivity index (χ2n) is 6.43. The quantitative estimate of drug-likeness (QED) is 0.427. The van der Waals surface area contributed by atoms with E-state index in [1.807, 2.05) is 6.92 Å². The molecular weight excluding hydrogens is 430 g/mol. The van der Waals surface area contributed by atoms with Crippen LogP contribution in [-0.2, 0) is 16.1 Å². The van der Waals surface area contributed by atoms with Crippen LogP contribution in [-0.4, -0.2) is 37.5 Å². The second kappa shape index (κ2) is 11.0. The Morgan fingerprint density at radius 1 is 1.23 bits per heavy atom. The van der Waals surface area contributed by atoms with E-state index in [9.17, 15) is 14.4 Å². The molecular formula is C21H24ClNO6S. The zero-order chi connectivity index (χ0) is 22.3. The number of carbonyl (C=O) groups is 3. The maximum atomic E-state index is 12.6. The van der Waals surface area contributed by atoms with E-state index in [-0.39, 0.29) is 22.3 Å². The molecule has 162 valence electrons. The van der Waals surface area contributed by atoms with Gasteiger partial charge in [-0.3, -0.25) is 9.59 Å². The molecule has 30 heavy (non-hydrogen) atoms. The van der Waals surface area contributed by atoms with Crippen LogP contribution >= 0.6 is 22.9 Å². The standard InChI is InChI=1S/C21H24ClNO6S/c1-5-8-28-20-16(22)9-14(10-17(20)27-4)21(26)29-12(2)19(25)18-7-6-15(30-18)11-23-13(3)24/h6-7,9-10,12H,5,8,11H2,1-4H3,(H,23,24). The van der Waals surface area contributed by atoms with E-state index in [1.54, 1.807) is 12.1 Å². The van der Waals surface area contributed by atoms with Crippen LogP contribution in [0.5, 0.6) is 11.5 Å². The first kappa shape index (κ1) is 23.7. The molecule has 1 N–H and O–H groups in total. The molecule has 0 bridgehead atoms. The molecule has 0 spiro atoms. The van der Waals surface area contributed by atoms with Gasteiger partial charge < -0.3 is 19.5 Å². The minimum Gasteiger partial charge on any atom is -0.493 e. The molecule has 1 atom stereocenters. The third-order valence-electron chi connectivity index (χ3n) is 3.98. The minimum atomic E-state index is -0.995. The van der Waals surface area contributed by atoms with E-state index in [0.717, 1.165) is 11.3 Å². The molecule has 1 amide bonds. The number of esters is 1. The number of hydrogen-bond donors (Lipinski definition) is 1. The number of halogens is 1. The number of thiophene rings is 1. The summed E-state index contributed by atoms with van der Waals surface area (Å²) >= 11 is 7.47. The Hall–Kier alpha value is -2.58. The number of ketones is 1. The smallest absolute Gasteiger partial charge is 0.339 e. The summed E-state index contributed by atoms with van der Waals surface area (Å²) in [6.07, 6.45) is -0.205. The Bertz CT molecular complexity index is 926. The summed E-state index contributed by atoms with van der Waals surface area (Å²) in [4.78, 5) is 37.4. The van der Waals surface area contributed by atoms with Gasteiger partial charge in [0.05, 0.1) is 35.7 Å². The van der Waals surface area contributed by atoms with Crippen LogP contribution in [0.25, 0.3) is 0 Å². The zero-order valence-electron chi connectivity index (χ0n) is 17.2. The van der Waals surface area contributed by atoms with Crippen molar-refractivity contribution >= 4 is 40.6 Å². The van der Waals surface area contributed by atoms with E-state index in [4.69, 9.17) is 25.8 Å². The fourth-order valence-corrected chi connectivity index (χ4v) is 3.71. The molecule has 9 heteroatoms. The predicted molar refractivity (Wildman–Crippen MR) is 115 cm³/mol. The van der Waals surface area contributed by atoms with Crippen molar-refractivity contribution in [3.8, 4) is 11.5 Å². The van der Waals surface area contributed by atoms with Crippen molar-refractivity contribution in [2.75, 3.05) is 13.7 Å². The first-order valence-corrected chi connectivity index (χ1v) is 10.5. The van der Waals surface area contributed by atoms with Gasteiger partial charge in [-0.2, -0.15) is 0 Å². The third kappa shape index (κ3) is 6.21. The van der Waals surface area contributed by atoms with Gasteiger partial charge in [0, 0.05) is 11.8 Å². The Balaban J connectivity index is 2.08. The first-order chi connectivity index (χ1) is 14.3. The zero-order valence-corrected chi connectivity index (χ0v) is 18.8. The Kier molecular flexibility index (Phi) is 8.68. The van der Waals surface area contributed by atoms with Crippen molar-refractivity contribution in [2.45, 2.75) is 39.8 Å². The molecule has 0 aliphatic rings. The summed E-state index contributed by atoms with van der Waals surface area (Å²) < 4.78 is 16.2. The van der Waals surface area contributed by atoms with E-state index in [2.05, 4.69) is 5.32 Å². The molecule has 0 aliphatic heterocycles. The van der Waals surface area contributed by atoms with Gasteiger partial charge in [0.2, 0.25) is 11.7 Å². The fraction of sp³-hybridized carbons (Fsp3) is 0.381. The molecule has 0 radical (unpaired) electrons. The largest absolute Gasteiger partial charge is 0.493 e. The van der Waals surface area contributed by atoms with E-state index < -0.39 is 12.1 Å². The number of nitrogens with one attached hydrogen (secondary N) is 1. The van der Waals surface area contributed by atoms with Crippen LogP contribution in [0.4, 0.5) is 0 Å². The van der Waals surface area contributed by atoms with E-state index in [1.165, 1.54) is 44.4 Å². The van der Waals surface area contributed by atoms with Crippen LogP contribution < -0.4 is 14.8 Å². The molecule has 0 fully saturated rings. The summed E-state index contributed by atoms with van der Waals surface area (Å²) in [6, 6.07) is 6.29. The molecule has 1 aromatic heterocycles. The molecule has 0 saturated carbocycles. The summed E-state index contributed by atoms with van der Waals surface area (Å²) in [5, 5.41) is 2.89. The number of rotatable bonds is 10. The van der Waals surface area contributed by atoms with Gasteiger partial charge >= 0.3 is 5.97 Å². The lowest BCUT2D eigenvalue weighted by Crippen LogP contribution is -2.24. The molecule has 2 aromatic rings. The maximum absolute atomic E-state index is 12.6. The van der Waals surface area contributed by atoms with Crippen LogP contribution in [0, 0.1) is 0 Å². The number of amides is 1. The topological polar surface area (TPSA) is 90.9 Å². The highest BCUT2D eigenvalue weighted by molar-refractivity contribution is 7.14. The number of benzene rings is 1. The maximum Gasteiger partial charge on any atom is 0.339 e. The average Bonchev–Trinajstić information content (AvgIpc) is 3.19. The lowest BCUT2D eigenvalue weighted by atomic mass is 10.2. The molecule has 1 heterocycles. The number of methoxy groups -OCH3 is 1. The summed E-state index contributed by atoms with van der Waals surface area (Å²) in [5.74, 6) is -0.523. The minimum absolute atomic E-state index is 0.151. The fourth-order valence-electron chi connectivity index (χ4n) is 2.48. The van der Waals surface area contributed by atoms with Gasteiger partial charge in [0.1, 0.15) is 0 Å². The normalized spacial score (nSPS) is 11.5. The van der Waals surface area contributed by atoms with Crippen molar-refractivity contribution in [3.63, 3.8) is 0 Å². The highest BCUT2D eigenvalue weighted by Gasteiger charge is 2.24. The van der Waals surface area contributed by atoms with Crippen molar-refractivity contribution in [2.24, 2.45) is 0 Å². The van der Waals surface area contributed by atoms with Crippen LogP contribution in [0.1, 0.15) is 52.1 Å². The summed E-state index contributed by atoms with van der Waals surface area (Å²) in [5.41, 5.74) is 0.151. The lowest BCUT2D eigenvalue weighted by molar-refractivity contribution is -0.119. The Morgan fingerprint density at radius 3 is 2.60 bits per heavy atom. The lowest BCUT2D eigenvalue weighted by Gasteiger charge is -2.15. The third-order valence-corrected chi connectivity index (χ3v) is 5.37. The number of carbonyl (C=O) groups excluding carboxylic acids is 3. The number of ether oxygens (including phenoxy) is 3. The van der Waals surface area contributed by atoms with Crippen LogP contribution in [0.15, 0.2) is 24.3 Å². The van der Waals surface area contributed by atoms with E-state index in [0.29, 0.717) is 29.5 Å². The Morgan fingerprint density at radius 2 is 1.97 bits per heavy atom. The monoisotopic (exact) mass is 453 g/mol. The summed E-state index contributed by atoms with van der Waals surface area (Å²) in [6.45, 7) is 5.68. The van der Waals surface area contributed by atoms with Crippen molar-refractivity contribution < 1.29 is 28.6 Å². The highest BCUT2D eigenvalue weighted by atomic mass is 35.5. The molecule has 7 nitrogen and oxygen atoms in total. The second-order valence-corrected chi connectivity index (χ2v) is 8.00. The van der Waals surface area contributed by atoms with Gasteiger partial charge in [0.25, 0.3) is 0 Å². The SMILES string of the molecule is CCCOc1c(Cl)cc(C(=O)OC(C)C(=O)c2ccc(CNC(C)=O)s2)cc1OC. The van der Waals surface area contributed by atoms with Gasteiger partial charge in [-0.05, 0) is 37.6 Å². The van der Waals surface area contributed by atoms with Crippen molar-refractivity contribution in [3.05, 3.63) is 44.6 Å². The molecule has 0 aliphatic carbocycles. The molecule has 1 aromatic carbocycles. The first-order valence-electron chi connectivity index (χ1n) is 9.35. The van der Waals surface area contributed by atoms with Gasteiger partial charge in [-0.15, -0.1) is 11.3 Å². The predicted octanol–water partition coefficient (Wildman–Crippen LogP) is 4.26. The van der Waals surface area contributed by atoms with Gasteiger partial charge in [0.15, 0.2) is 17.6 Å². The van der Waals surface area contributed by atoms with Crippen LogP contribution in [0.2, 0.25) is 5.02 Å². The van der Waals surface area contributed by atoms with Gasteiger partial charge in [-0.25, -0.2) is 4.79 Å². The van der Waals surface area contributed by atoms with Gasteiger partial charge in [-0.1, -0.05) is 18.5 Å². The van der Waals surface area contributed by atoms with E-state index >= 15 is 0 Å². The molecule has 1 unspecified atom stereocenters.